The van der Waals surface area contributed by atoms with E-state index in [2.05, 4.69) is 35.4 Å². The second-order valence-electron chi connectivity index (χ2n) is 19.7. The molecule has 0 unspecified atom stereocenters. The minimum Gasteiger partial charge on any atom is -0.347 e. The highest BCUT2D eigenvalue weighted by Gasteiger charge is 2.33. The topological polar surface area (TPSA) is 325 Å². The molecule has 0 fully saturated rings. The van der Waals surface area contributed by atoms with Gasteiger partial charge in [0.15, 0.2) is 19.7 Å². The number of alkyl halides is 1. The summed E-state index contributed by atoms with van der Waals surface area (Å²) < 4.78 is 145. The number of nitrogens with zero attached hydrogens (tertiary/aromatic N) is 3. The third-order valence-electron chi connectivity index (χ3n) is 13.1. The van der Waals surface area contributed by atoms with Gasteiger partial charge in [0, 0.05) is 44.4 Å². The number of nitrogens with one attached hydrogen (secondary N) is 4. The number of hydrogen-bond acceptors (Lipinski definition) is 20. The molecule has 0 bridgehead atoms. The van der Waals surface area contributed by atoms with Crippen LogP contribution in [0.5, 0.6) is 0 Å². The van der Waals surface area contributed by atoms with Gasteiger partial charge in [0.1, 0.15) is 10.0 Å². The van der Waals surface area contributed by atoms with Gasteiger partial charge >= 0.3 is 0 Å². The molecule has 22 nitrogen and oxygen atoms in total. The van der Waals surface area contributed by atoms with Crippen LogP contribution in [0.4, 0.5) is 15.8 Å². The summed E-state index contributed by atoms with van der Waals surface area (Å²) in [5, 5.41) is 12.0. The zero-order valence-electron chi connectivity index (χ0n) is 47.9. The normalized spacial score (nSPS) is 14.0. The van der Waals surface area contributed by atoms with E-state index in [4.69, 9.17) is 1.37 Å². The van der Waals surface area contributed by atoms with Crippen LogP contribution in [0, 0.1) is 0 Å². The molecular weight excluding hydrogens is 1280 g/mol. The van der Waals surface area contributed by atoms with Gasteiger partial charge in [-0.05, 0) is 118 Å². The third-order valence-corrected chi connectivity index (χ3v) is 23.2. The fraction of sp³-hybridized carbons (Fsp3) is 0.207. The molecule has 462 valence electrons. The van der Waals surface area contributed by atoms with Crippen LogP contribution in [0.25, 0.3) is 21.1 Å². The van der Waals surface area contributed by atoms with Crippen LogP contribution in [-0.4, -0.2) is 133 Å². The molecule has 10 rings (SSSR count). The Morgan fingerprint density at radius 2 is 1.00 bits per heavy atom. The smallest absolute Gasteiger partial charge is 0.264 e. The molecule has 0 aliphatic carbocycles. The van der Waals surface area contributed by atoms with Crippen LogP contribution in [0.1, 0.15) is 65.4 Å². The minimum atomic E-state index is -3.99. The molecule has 4 heterocycles. The fourth-order valence-electron chi connectivity index (χ4n) is 8.86. The standard InChI is InChI=1S/C29H28N4O6S3.C28H25N3O9S4.CH3F/c1-33(2)14-5-15-41(36,37)22-11-8-19(9-12-22)29-31-18-21(40-29)17-30-27(34)20-10-13-26-24(16-20)32-28(35)23-6-3-4-7-25(23)42(26,38)39;1-42(34,35)40-13-4-14-43(36,37)21-10-7-18(8-11-21)28-30-17-20(41-28)16-29-26(32)19-9-12-25-23(15-19)31-27(33)22-5-2-3-6-24(22)44(25,38)39;1-2/h3-4,6-13,16,18H,5,14-15,17H2,1-2H3,(H,30,34)(H,32,35);2-3,5-12,15,17H,4,13-14,16H2,1H3,(H,29,32)(H,31,33);1H3/i;;1D. The Bertz CT molecular complexity index is 4590. The van der Waals surface area contributed by atoms with Crippen LogP contribution in [0.3, 0.4) is 0 Å². The summed E-state index contributed by atoms with van der Waals surface area (Å²) in [6.45, 7) is 0.748. The molecule has 2 aliphatic rings. The van der Waals surface area contributed by atoms with Gasteiger partial charge in [0.2, 0.25) is 19.7 Å². The number of carbonyl (C=O) groups is 4. The van der Waals surface area contributed by atoms with Crippen LogP contribution < -0.4 is 21.3 Å². The van der Waals surface area contributed by atoms with E-state index < -0.39 is 80.2 Å². The van der Waals surface area contributed by atoms with E-state index >= 15 is 0 Å². The maximum Gasteiger partial charge on any atom is 0.264 e. The van der Waals surface area contributed by atoms with E-state index in [-0.39, 0.29) is 101 Å². The SMILES string of the molecule is CN(C)CCCS(=O)(=O)c1ccc(-c2ncc(CNC(=O)c3ccc4c(c3)NC(=O)c3ccccc3S4(=O)=O)s2)cc1.CS(=O)(=O)OCCCS(=O)(=O)c1ccc(-c2ncc(CNC(=O)c3ccc4c(c3)NC(=O)c3ccccc3S4(=O)=O)s2)cc1.[2H]CF. The zero-order chi connectivity index (χ0) is 64.5. The molecule has 2 aliphatic heterocycles. The first-order valence-corrected chi connectivity index (χ1v) is 35.9. The molecule has 0 atom stereocenters. The molecular formula is C58H56FN7O15S7. The number of benzene rings is 6. The summed E-state index contributed by atoms with van der Waals surface area (Å²) in [5.41, 5.74) is 1.85. The molecule has 2 aromatic heterocycles. The number of anilines is 2. The molecule has 6 aromatic carbocycles. The minimum absolute atomic E-state index is 0.00613. The molecule has 0 saturated heterocycles. The summed E-state index contributed by atoms with van der Waals surface area (Å²) in [6, 6.07) is 32.6. The van der Waals surface area contributed by atoms with Gasteiger partial charge in [-0.1, -0.05) is 48.5 Å². The van der Waals surface area contributed by atoms with Crippen molar-refractivity contribution in [2.24, 2.45) is 0 Å². The van der Waals surface area contributed by atoms with E-state index in [9.17, 15) is 65.7 Å². The van der Waals surface area contributed by atoms with Crippen molar-refractivity contribution in [3.05, 3.63) is 178 Å². The number of halogens is 1. The lowest BCUT2D eigenvalue weighted by Crippen LogP contribution is -2.22. The number of carbonyl (C=O) groups excluding carboxylic acids is 4. The first kappa shape index (κ1) is 64.5. The lowest BCUT2D eigenvalue weighted by molar-refractivity contribution is 0.0943. The summed E-state index contributed by atoms with van der Waals surface area (Å²) in [4.78, 5) is 63.3. The monoisotopic (exact) mass is 1330 g/mol. The summed E-state index contributed by atoms with van der Waals surface area (Å²) in [7, 11) is -15.8. The predicted molar refractivity (Wildman–Crippen MR) is 330 cm³/mol. The fourth-order valence-corrected chi connectivity index (χ4v) is 16.8. The zero-order valence-corrected chi connectivity index (χ0v) is 52.6. The van der Waals surface area contributed by atoms with Gasteiger partial charge in [0.05, 0.1) is 97.9 Å². The average molecular weight is 1340 g/mol. The highest BCUT2D eigenvalue weighted by atomic mass is 32.2. The van der Waals surface area contributed by atoms with Gasteiger partial charge in [-0.25, -0.2) is 43.6 Å². The second-order valence-corrected chi connectivity index (χ2v) is 31.5. The molecule has 30 heteroatoms. The second kappa shape index (κ2) is 27.6. The third kappa shape index (κ3) is 15.7. The van der Waals surface area contributed by atoms with Crippen molar-refractivity contribution >= 4 is 107 Å². The Morgan fingerprint density at radius 3 is 1.40 bits per heavy atom. The number of aromatic nitrogens is 2. The molecule has 8 aromatic rings. The Labute approximate surface area is 517 Å². The highest BCUT2D eigenvalue weighted by molar-refractivity contribution is 7.92. The summed E-state index contributed by atoms with van der Waals surface area (Å²) in [5.74, 6) is -2.31. The number of sulfone groups is 4. The van der Waals surface area contributed by atoms with Crippen LogP contribution >= 0.6 is 22.7 Å². The van der Waals surface area contributed by atoms with Crippen molar-refractivity contribution in [1.29, 1.82) is 0 Å². The lowest BCUT2D eigenvalue weighted by atomic mass is 10.1. The van der Waals surface area contributed by atoms with Crippen LogP contribution in [0.15, 0.2) is 175 Å². The van der Waals surface area contributed by atoms with E-state index in [1.54, 1.807) is 67.0 Å². The summed E-state index contributed by atoms with van der Waals surface area (Å²) >= 11 is 2.64. The molecule has 0 spiro atoms. The van der Waals surface area contributed by atoms with Crippen molar-refractivity contribution in [1.82, 2.24) is 25.5 Å². The van der Waals surface area contributed by atoms with Crippen LogP contribution in [0.2, 0.25) is 0 Å². The molecule has 0 radical (unpaired) electrons. The van der Waals surface area contributed by atoms with E-state index in [1.807, 2.05) is 19.0 Å². The lowest BCUT2D eigenvalue weighted by Gasteiger charge is -2.10. The predicted octanol–water partition coefficient (Wildman–Crippen LogP) is 7.73. The highest BCUT2D eigenvalue weighted by Crippen LogP contribution is 2.36. The number of rotatable bonds is 19. The summed E-state index contributed by atoms with van der Waals surface area (Å²) in [6.07, 6.45) is 4.67. The Kier molecular flexibility index (Phi) is 20.3. The number of hydrogen-bond donors (Lipinski definition) is 4. The Balaban J connectivity index is 0.000000221. The van der Waals surface area contributed by atoms with Gasteiger partial charge in [-0.15, -0.1) is 22.7 Å². The molecule has 4 N–H and O–H groups in total. The van der Waals surface area contributed by atoms with Gasteiger partial charge in [-0.3, -0.25) is 27.8 Å². The quantitative estimate of drug-likeness (QED) is 0.0444. The van der Waals surface area contributed by atoms with E-state index in [0.717, 1.165) is 16.7 Å². The maximum atomic E-state index is 13.2. The Morgan fingerprint density at radius 1 is 0.602 bits per heavy atom. The van der Waals surface area contributed by atoms with Crippen LogP contribution in [-0.2, 0) is 66.7 Å². The van der Waals surface area contributed by atoms with Crippen molar-refractivity contribution < 1.29 is 71.2 Å². The van der Waals surface area contributed by atoms with Crippen molar-refractivity contribution in [2.45, 2.75) is 55.3 Å². The van der Waals surface area contributed by atoms with E-state index in [1.165, 1.54) is 102 Å². The van der Waals surface area contributed by atoms with Gasteiger partial charge in [-0.2, -0.15) is 8.42 Å². The van der Waals surface area contributed by atoms with Crippen molar-refractivity contribution in [3.8, 4) is 21.1 Å². The molecule has 0 saturated carbocycles. The number of thiazole rings is 2. The average Bonchev–Trinajstić information content (AvgIpc) is 1.80. The Hall–Kier alpha value is -7.94. The number of fused-ring (bicyclic) bond motifs is 4. The maximum absolute atomic E-state index is 13.2. The first-order chi connectivity index (χ1) is 42.1. The number of amides is 4. The first-order valence-electron chi connectivity index (χ1n) is 26.9. The molecule has 88 heavy (non-hydrogen) atoms. The van der Waals surface area contributed by atoms with Crippen molar-refractivity contribution in [2.75, 3.05) is 62.8 Å². The van der Waals surface area contributed by atoms with Gasteiger partial charge in [0.25, 0.3) is 33.7 Å². The van der Waals surface area contributed by atoms with Crippen molar-refractivity contribution in [3.63, 3.8) is 0 Å². The largest absolute Gasteiger partial charge is 0.347 e. The molecule has 4 amide bonds. The van der Waals surface area contributed by atoms with Gasteiger partial charge < -0.3 is 26.2 Å². The van der Waals surface area contributed by atoms with E-state index in [0.29, 0.717) is 33.4 Å².